The Hall–Kier alpha value is -2.66. The van der Waals surface area contributed by atoms with Gasteiger partial charge < -0.3 is 5.32 Å². The van der Waals surface area contributed by atoms with Crippen molar-refractivity contribution >= 4 is 33.9 Å². The molecule has 0 saturated carbocycles. The van der Waals surface area contributed by atoms with Crippen LogP contribution in [-0.2, 0) is 6.42 Å². The molecule has 5 nitrogen and oxygen atoms in total. The molecule has 0 spiro atoms. The van der Waals surface area contributed by atoms with Gasteiger partial charge in [-0.1, -0.05) is 29.8 Å². The lowest BCUT2D eigenvalue weighted by Gasteiger charge is -2.10. The van der Waals surface area contributed by atoms with Gasteiger partial charge in [0.15, 0.2) is 0 Å². The molecule has 3 rings (SSSR count). The van der Waals surface area contributed by atoms with Crippen molar-refractivity contribution < 1.29 is 4.92 Å². The Balaban J connectivity index is 1.70. The second-order valence-electron chi connectivity index (χ2n) is 5.04. The minimum atomic E-state index is -0.399. The van der Waals surface area contributed by atoms with Gasteiger partial charge in [0.1, 0.15) is 5.15 Å². The number of rotatable bonds is 5. The summed E-state index contributed by atoms with van der Waals surface area (Å²) in [7, 11) is 0. The minimum Gasteiger partial charge on any atom is -0.384 e. The fourth-order valence-electron chi connectivity index (χ4n) is 2.35. The summed E-state index contributed by atoms with van der Waals surface area (Å²) in [5.74, 6) is 0. The van der Waals surface area contributed by atoms with Crippen LogP contribution in [0.3, 0.4) is 0 Å². The highest BCUT2D eigenvalue weighted by atomic mass is 35.5. The first-order valence-corrected chi connectivity index (χ1v) is 7.45. The highest BCUT2D eigenvalue weighted by Crippen LogP contribution is 2.25. The van der Waals surface area contributed by atoms with Crippen molar-refractivity contribution in [2.45, 2.75) is 6.42 Å². The van der Waals surface area contributed by atoms with Crippen molar-refractivity contribution in [1.82, 2.24) is 4.98 Å². The van der Waals surface area contributed by atoms with Gasteiger partial charge in [-0.3, -0.25) is 10.1 Å². The highest BCUT2D eigenvalue weighted by Gasteiger charge is 2.06. The van der Waals surface area contributed by atoms with E-state index >= 15 is 0 Å². The standard InChI is InChI=1S/C17H13ClN3O2/c18-17-11-16(14-3-1-2-4-15(14)20-17)19-10-9-12-5-7-13(8-6-12)21(22)23/h2-8,11H,9-10H2,(H,19,20). The number of hydrogen-bond donors (Lipinski definition) is 1. The second kappa shape index (κ2) is 6.62. The van der Waals surface area contributed by atoms with Crippen molar-refractivity contribution in [2.24, 2.45) is 0 Å². The predicted molar refractivity (Wildman–Crippen MR) is 90.9 cm³/mol. The lowest BCUT2D eigenvalue weighted by atomic mass is 10.1. The molecule has 0 atom stereocenters. The number of fused-ring (bicyclic) bond motifs is 1. The molecular weight excluding hydrogens is 314 g/mol. The second-order valence-corrected chi connectivity index (χ2v) is 5.42. The number of halogens is 1. The van der Waals surface area contributed by atoms with E-state index in [9.17, 15) is 10.1 Å². The number of pyridine rings is 1. The van der Waals surface area contributed by atoms with Crippen LogP contribution in [0.15, 0.2) is 48.5 Å². The van der Waals surface area contributed by atoms with Gasteiger partial charge in [0.2, 0.25) is 0 Å². The van der Waals surface area contributed by atoms with Gasteiger partial charge in [-0.05, 0) is 36.2 Å². The van der Waals surface area contributed by atoms with E-state index in [2.05, 4.69) is 16.4 Å². The molecule has 0 amide bonds. The van der Waals surface area contributed by atoms with Crippen LogP contribution in [0.5, 0.6) is 0 Å². The number of nitrogens with zero attached hydrogens (tertiary/aromatic N) is 2. The van der Waals surface area contributed by atoms with Crippen LogP contribution >= 0.6 is 11.6 Å². The predicted octanol–water partition coefficient (Wildman–Crippen LogP) is 4.25. The van der Waals surface area contributed by atoms with Crippen LogP contribution in [0.25, 0.3) is 10.9 Å². The molecule has 1 N–H and O–H groups in total. The third-order valence-electron chi connectivity index (χ3n) is 3.50. The number of nitro benzene ring substituents is 1. The Labute approximate surface area is 138 Å². The van der Waals surface area contributed by atoms with E-state index in [1.807, 2.05) is 12.1 Å². The number of nitro groups is 1. The molecule has 0 bridgehead atoms. The molecule has 6 heteroatoms. The van der Waals surface area contributed by atoms with E-state index in [4.69, 9.17) is 11.6 Å². The molecule has 1 radical (unpaired) electrons. The van der Waals surface area contributed by atoms with E-state index in [1.165, 1.54) is 12.1 Å². The lowest BCUT2D eigenvalue weighted by molar-refractivity contribution is -0.384. The van der Waals surface area contributed by atoms with Crippen molar-refractivity contribution in [3.63, 3.8) is 0 Å². The molecule has 3 aromatic rings. The third-order valence-corrected chi connectivity index (χ3v) is 3.69. The van der Waals surface area contributed by atoms with Crippen molar-refractivity contribution in [3.05, 3.63) is 75.4 Å². The Bertz CT molecular complexity index is 850. The number of hydrogen-bond acceptors (Lipinski definition) is 4. The molecule has 2 aromatic carbocycles. The Morgan fingerprint density at radius 1 is 1.26 bits per heavy atom. The summed E-state index contributed by atoms with van der Waals surface area (Å²) in [4.78, 5) is 14.5. The summed E-state index contributed by atoms with van der Waals surface area (Å²) >= 11 is 6.04. The molecule has 0 unspecified atom stereocenters. The fraction of sp³-hybridized carbons (Fsp3) is 0.118. The van der Waals surface area contributed by atoms with Crippen LogP contribution in [0, 0.1) is 16.2 Å². The van der Waals surface area contributed by atoms with E-state index in [1.54, 1.807) is 24.3 Å². The number of nitrogens with one attached hydrogen (secondary N) is 1. The van der Waals surface area contributed by atoms with Gasteiger partial charge >= 0.3 is 0 Å². The monoisotopic (exact) mass is 326 g/mol. The van der Waals surface area contributed by atoms with Gasteiger partial charge in [-0.2, -0.15) is 0 Å². The summed E-state index contributed by atoms with van der Waals surface area (Å²) < 4.78 is 0. The number of anilines is 1. The maximum Gasteiger partial charge on any atom is 0.269 e. The maximum absolute atomic E-state index is 10.6. The van der Waals surface area contributed by atoms with Crippen molar-refractivity contribution in [2.75, 3.05) is 11.9 Å². The molecule has 23 heavy (non-hydrogen) atoms. The topological polar surface area (TPSA) is 68.1 Å². The van der Waals surface area contributed by atoms with Crippen LogP contribution in [0.2, 0.25) is 5.15 Å². The molecule has 0 aliphatic heterocycles. The van der Waals surface area contributed by atoms with E-state index < -0.39 is 4.92 Å². The number of non-ortho nitro benzene ring substituents is 1. The van der Waals surface area contributed by atoms with E-state index in [0.717, 1.165) is 28.6 Å². The van der Waals surface area contributed by atoms with Crippen LogP contribution in [0.4, 0.5) is 11.4 Å². The summed E-state index contributed by atoms with van der Waals surface area (Å²) in [6.07, 6.45) is 0.746. The van der Waals surface area contributed by atoms with Gasteiger partial charge in [-0.25, -0.2) is 4.98 Å². The average molecular weight is 327 g/mol. The van der Waals surface area contributed by atoms with Crippen molar-refractivity contribution in [3.8, 4) is 0 Å². The summed E-state index contributed by atoms with van der Waals surface area (Å²) in [5, 5.41) is 15.4. The maximum atomic E-state index is 10.6. The summed E-state index contributed by atoms with van der Waals surface area (Å²) in [5.41, 5.74) is 2.84. The smallest absolute Gasteiger partial charge is 0.269 e. The first-order chi connectivity index (χ1) is 11.1. The largest absolute Gasteiger partial charge is 0.384 e. The van der Waals surface area contributed by atoms with Gasteiger partial charge in [-0.15, -0.1) is 0 Å². The quantitative estimate of drug-likeness (QED) is 0.432. The number of aromatic nitrogens is 1. The van der Waals surface area contributed by atoms with Gasteiger partial charge in [0.25, 0.3) is 5.69 Å². The Morgan fingerprint density at radius 2 is 2.04 bits per heavy atom. The fourth-order valence-corrected chi connectivity index (χ4v) is 2.55. The number of benzene rings is 2. The first kappa shape index (κ1) is 15.2. The molecule has 0 aliphatic carbocycles. The van der Waals surface area contributed by atoms with Crippen LogP contribution < -0.4 is 5.32 Å². The Kier molecular flexibility index (Phi) is 4.39. The molecule has 1 aromatic heterocycles. The normalized spacial score (nSPS) is 10.7. The zero-order chi connectivity index (χ0) is 16.2. The SMILES string of the molecule is O=[N+]([O-])c1ccc(CCNc2cc(Cl)nc3cc[c]cc23)cc1. The summed E-state index contributed by atoms with van der Waals surface area (Å²) in [6, 6.07) is 16.9. The molecule has 0 aliphatic rings. The van der Waals surface area contributed by atoms with Crippen LogP contribution in [-0.4, -0.2) is 16.5 Å². The average Bonchev–Trinajstić information content (AvgIpc) is 2.55. The lowest BCUT2D eigenvalue weighted by Crippen LogP contribution is -2.05. The van der Waals surface area contributed by atoms with E-state index in [0.29, 0.717) is 11.7 Å². The minimum absolute atomic E-state index is 0.101. The van der Waals surface area contributed by atoms with Crippen molar-refractivity contribution in [1.29, 1.82) is 0 Å². The molecule has 0 saturated heterocycles. The third kappa shape index (κ3) is 3.57. The van der Waals surface area contributed by atoms with Gasteiger partial charge in [0, 0.05) is 29.8 Å². The van der Waals surface area contributed by atoms with E-state index in [-0.39, 0.29) is 5.69 Å². The molecule has 115 valence electrons. The molecule has 1 heterocycles. The molecule has 0 fully saturated rings. The van der Waals surface area contributed by atoms with Gasteiger partial charge in [0.05, 0.1) is 10.4 Å². The zero-order valence-corrected chi connectivity index (χ0v) is 12.9. The zero-order valence-electron chi connectivity index (χ0n) is 12.1. The first-order valence-electron chi connectivity index (χ1n) is 7.07. The summed E-state index contributed by atoms with van der Waals surface area (Å²) in [6.45, 7) is 0.683. The molecular formula is C17H13ClN3O2. The Morgan fingerprint density at radius 3 is 2.78 bits per heavy atom. The van der Waals surface area contributed by atoms with Crippen LogP contribution in [0.1, 0.15) is 5.56 Å². The highest BCUT2D eigenvalue weighted by molar-refractivity contribution is 6.30.